The first-order valence-corrected chi connectivity index (χ1v) is 9.82. The van der Waals surface area contributed by atoms with Crippen molar-refractivity contribution < 1.29 is 4.74 Å². The maximum atomic E-state index is 6.25. The normalized spacial score (nSPS) is 20.9. The van der Waals surface area contributed by atoms with Gasteiger partial charge in [-0.1, -0.05) is 48.5 Å². The Morgan fingerprint density at radius 1 is 0.741 bits per heavy atom. The summed E-state index contributed by atoms with van der Waals surface area (Å²) >= 11 is 0. The molecule has 3 aromatic rings. The van der Waals surface area contributed by atoms with E-state index in [0.717, 1.165) is 30.2 Å². The van der Waals surface area contributed by atoms with E-state index in [2.05, 4.69) is 47.0 Å². The average molecular weight is 356 g/mol. The molecule has 2 atom stereocenters. The van der Waals surface area contributed by atoms with Crippen molar-refractivity contribution in [3.8, 4) is 22.6 Å². The zero-order chi connectivity index (χ0) is 18.1. The highest BCUT2D eigenvalue weighted by molar-refractivity contribution is 5.81. The molecule has 5 rings (SSSR count). The molecule has 0 radical (unpaired) electrons. The number of nitrogens with one attached hydrogen (secondary N) is 2. The van der Waals surface area contributed by atoms with Crippen molar-refractivity contribution in [1.29, 1.82) is 0 Å². The lowest BCUT2D eigenvalue weighted by atomic mass is 9.85. The van der Waals surface area contributed by atoms with E-state index >= 15 is 0 Å². The fourth-order valence-corrected chi connectivity index (χ4v) is 4.48. The molecule has 1 saturated heterocycles. The van der Waals surface area contributed by atoms with Crippen molar-refractivity contribution >= 4 is 5.69 Å². The van der Waals surface area contributed by atoms with Crippen molar-refractivity contribution in [2.45, 2.75) is 24.8 Å². The largest absolute Gasteiger partial charge is 0.457 e. The lowest BCUT2D eigenvalue weighted by molar-refractivity contribution is 0.484. The van der Waals surface area contributed by atoms with Crippen LogP contribution in [0.15, 0.2) is 72.8 Å². The summed E-state index contributed by atoms with van der Waals surface area (Å²) in [6.45, 7) is 2.17. The predicted molar refractivity (Wildman–Crippen MR) is 111 cm³/mol. The van der Waals surface area contributed by atoms with E-state index < -0.39 is 0 Å². The smallest absolute Gasteiger partial charge is 0.135 e. The van der Waals surface area contributed by atoms with E-state index in [1.165, 1.54) is 29.7 Å². The Labute approximate surface area is 160 Å². The highest BCUT2D eigenvalue weighted by atomic mass is 16.5. The first-order valence-electron chi connectivity index (χ1n) is 9.82. The molecule has 1 fully saturated rings. The van der Waals surface area contributed by atoms with Gasteiger partial charge in [-0.3, -0.25) is 0 Å². The van der Waals surface area contributed by atoms with Gasteiger partial charge in [-0.15, -0.1) is 0 Å². The standard InChI is InChI=1S/C24H24N2O/c1-2-7-17(8-3-1)27-23-12-5-4-9-18(23)19-10-6-11-22-24(19)20-13-15-25-16-14-21(20)26-22/h1-12,20-21,25-26H,13-16H2. The zero-order valence-corrected chi connectivity index (χ0v) is 15.3. The van der Waals surface area contributed by atoms with Crippen LogP contribution in [0.25, 0.3) is 11.1 Å². The van der Waals surface area contributed by atoms with Crippen LogP contribution in [0.4, 0.5) is 5.69 Å². The second-order valence-electron chi connectivity index (χ2n) is 7.36. The number of para-hydroxylation sites is 2. The van der Waals surface area contributed by atoms with Crippen LogP contribution in [0.5, 0.6) is 11.5 Å². The maximum Gasteiger partial charge on any atom is 0.135 e. The van der Waals surface area contributed by atoms with Crippen molar-refractivity contribution in [3.63, 3.8) is 0 Å². The van der Waals surface area contributed by atoms with E-state index in [-0.39, 0.29) is 0 Å². The average Bonchev–Trinajstić information content (AvgIpc) is 2.91. The molecule has 0 bridgehead atoms. The van der Waals surface area contributed by atoms with Crippen molar-refractivity contribution in [3.05, 3.63) is 78.4 Å². The summed E-state index contributed by atoms with van der Waals surface area (Å²) in [7, 11) is 0. The molecule has 0 spiro atoms. The molecule has 2 unspecified atom stereocenters. The van der Waals surface area contributed by atoms with Gasteiger partial charge in [0.25, 0.3) is 0 Å². The topological polar surface area (TPSA) is 33.3 Å². The summed E-state index contributed by atoms with van der Waals surface area (Å²) in [5.74, 6) is 2.33. The van der Waals surface area contributed by atoms with Crippen LogP contribution >= 0.6 is 0 Å². The van der Waals surface area contributed by atoms with Crippen molar-refractivity contribution in [2.75, 3.05) is 18.4 Å². The molecule has 2 N–H and O–H groups in total. The number of hydrogen-bond acceptors (Lipinski definition) is 3. The molecular weight excluding hydrogens is 332 g/mol. The number of hydrogen-bond donors (Lipinski definition) is 2. The van der Waals surface area contributed by atoms with Gasteiger partial charge in [0.15, 0.2) is 0 Å². The van der Waals surface area contributed by atoms with Crippen LogP contribution in [0, 0.1) is 0 Å². The minimum atomic E-state index is 0.526. The summed E-state index contributed by atoms with van der Waals surface area (Å²) in [6.07, 6.45) is 2.34. The molecule has 0 amide bonds. The minimum absolute atomic E-state index is 0.526. The van der Waals surface area contributed by atoms with Gasteiger partial charge in [-0.25, -0.2) is 0 Å². The molecule has 27 heavy (non-hydrogen) atoms. The summed E-state index contributed by atoms with van der Waals surface area (Å²) in [4.78, 5) is 0. The Morgan fingerprint density at radius 2 is 1.52 bits per heavy atom. The Kier molecular flexibility index (Phi) is 4.30. The van der Waals surface area contributed by atoms with Gasteiger partial charge >= 0.3 is 0 Å². The Morgan fingerprint density at radius 3 is 2.44 bits per heavy atom. The van der Waals surface area contributed by atoms with E-state index in [9.17, 15) is 0 Å². The summed E-state index contributed by atoms with van der Waals surface area (Å²) < 4.78 is 6.25. The minimum Gasteiger partial charge on any atom is -0.457 e. The second kappa shape index (κ2) is 7.09. The Balaban J connectivity index is 1.58. The third kappa shape index (κ3) is 3.08. The Bertz CT molecular complexity index is 938. The molecule has 3 heteroatoms. The van der Waals surface area contributed by atoms with Crippen LogP contribution in [0.3, 0.4) is 0 Å². The van der Waals surface area contributed by atoms with Crippen LogP contribution in [-0.2, 0) is 0 Å². The highest BCUT2D eigenvalue weighted by Crippen LogP contribution is 2.47. The maximum absolute atomic E-state index is 6.25. The lowest BCUT2D eigenvalue weighted by Gasteiger charge is -2.19. The number of fused-ring (bicyclic) bond motifs is 3. The Hall–Kier alpha value is -2.78. The van der Waals surface area contributed by atoms with Gasteiger partial charge in [0.2, 0.25) is 0 Å². The van der Waals surface area contributed by atoms with E-state index in [0.29, 0.717) is 12.0 Å². The third-order valence-electron chi connectivity index (χ3n) is 5.72. The molecule has 3 aromatic carbocycles. The van der Waals surface area contributed by atoms with Crippen molar-refractivity contribution in [2.24, 2.45) is 0 Å². The third-order valence-corrected chi connectivity index (χ3v) is 5.72. The summed E-state index contributed by atoms with van der Waals surface area (Å²) in [5.41, 5.74) is 5.20. The monoisotopic (exact) mass is 356 g/mol. The van der Waals surface area contributed by atoms with Crippen LogP contribution in [0.2, 0.25) is 0 Å². The molecule has 2 heterocycles. The van der Waals surface area contributed by atoms with Gasteiger partial charge in [0.05, 0.1) is 0 Å². The number of anilines is 1. The highest BCUT2D eigenvalue weighted by Gasteiger charge is 2.35. The SMILES string of the molecule is c1ccc(Oc2ccccc2-c2cccc3c2C2CCNCCC2N3)cc1. The quantitative estimate of drug-likeness (QED) is 0.658. The van der Waals surface area contributed by atoms with Crippen LogP contribution in [0.1, 0.15) is 24.3 Å². The van der Waals surface area contributed by atoms with Crippen LogP contribution in [-0.4, -0.2) is 19.1 Å². The number of ether oxygens (including phenoxy) is 1. The fourth-order valence-electron chi connectivity index (χ4n) is 4.48. The van der Waals surface area contributed by atoms with Gasteiger partial charge in [-0.05, 0) is 61.3 Å². The van der Waals surface area contributed by atoms with Crippen LogP contribution < -0.4 is 15.4 Å². The predicted octanol–water partition coefficient (Wildman–Crippen LogP) is 5.41. The molecule has 0 saturated carbocycles. The molecular formula is C24H24N2O. The molecule has 0 aromatic heterocycles. The first-order chi connectivity index (χ1) is 13.4. The number of benzene rings is 3. The lowest BCUT2D eigenvalue weighted by Crippen LogP contribution is -2.21. The summed E-state index contributed by atoms with van der Waals surface area (Å²) in [6, 6.07) is 25.6. The van der Waals surface area contributed by atoms with Gasteiger partial charge in [-0.2, -0.15) is 0 Å². The first kappa shape index (κ1) is 16.4. The van der Waals surface area contributed by atoms with Gasteiger partial charge in [0, 0.05) is 23.2 Å². The van der Waals surface area contributed by atoms with E-state index in [1.807, 2.05) is 36.4 Å². The zero-order valence-electron chi connectivity index (χ0n) is 15.3. The molecule has 0 aliphatic carbocycles. The van der Waals surface area contributed by atoms with E-state index in [4.69, 9.17) is 4.74 Å². The van der Waals surface area contributed by atoms with Gasteiger partial charge in [0.1, 0.15) is 11.5 Å². The molecule has 3 nitrogen and oxygen atoms in total. The summed E-state index contributed by atoms with van der Waals surface area (Å²) in [5, 5.41) is 7.32. The fraction of sp³-hybridized carbons (Fsp3) is 0.250. The number of rotatable bonds is 3. The van der Waals surface area contributed by atoms with Gasteiger partial charge < -0.3 is 15.4 Å². The molecule has 136 valence electrons. The molecule has 2 aliphatic rings. The second-order valence-corrected chi connectivity index (χ2v) is 7.36. The molecule has 2 aliphatic heterocycles. The van der Waals surface area contributed by atoms with E-state index in [1.54, 1.807) is 0 Å². The van der Waals surface area contributed by atoms with Crippen molar-refractivity contribution in [1.82, 2.24) is 5.32 Å².